The second-order valence-electron chi connectivity index (χ2n) is 6.31. The lowest BCUT2D eigenvalue weighted by atomic mass is 10.0. The summed E-state index contributed by atoms with van der Waals surface area (Å²) in [7, 11) is -3.47. The van der Waals surface area contributed by atoms with Crippen molar-refractivity contribution in [1.82, 2.24) is 5.32 Å². The number of benzene rings is 1. The second kappa shape index (κ2) is 15.0. The van der Waals surface area contributed by atoms with E-state index in [0.717, 1.165) is 6.26 Å². The Morgan fingerprint density at radius 3 is 2.16 bits per heavy atom. The fraction of sp³-hybridized carbons (Fsp3) is 0.529. The van der Waals surface area contributed by atoms with Crippen LogP contribution in [0.1, 0.15) is 24.5 Å². The molecule has 8 nitrogen and oxygen atoms in total. The van der Waals surface area contributed by atoms with Crippen molar-refractivity contribution in [2.75, 3.05) is 19.5 Å². The quantitative estimate of drug-likeness (QED) is 0.285. The molecule has 0 aliphatic heterocycles. The highest BCUT2D eigenvalue weighted by atomic mass is 35.5. The van der Waals surface area contributed by atoms with Crippen LogP contribution in [0.4, 0.5) is 4.39 Å². The van der Waals surface area contributed by atoms with E-state index in [9.17, 15) is 22.4 Å². The highest BCUT2D eigenvalue weighted by Crippen LogP contribution is 2.25. The predicted molar refractivity (Wildman–Crippen MR) is 123 cm³/mol. The van der Waals surface area contributed by atoms with Crippen molar-refractivity contribution >= 4 is 69.7 Å². The number of halogens is 5. The van der Waals surface area contributed by atoms with Gasteiger partial charge in [-0.2, -0.15) is 0 Å². The van der Waals surface area contributed by atoms with Crippen LogP contribution in [0.3, 0.4) is 0 Å². The largest absolute Gasteiger partial charge is 0.454 e. The normalized spacial score (nSPS) is 13.9. The van der Waals surface area contributed by atoms with Gasteiger partial charge in [-0.1, -0.05) is 35.3 Å². The van der Waals surface area contributed by atoms with Gasteiger partial charge < -0.3 is 21.5 Å². The molecule has 0 aliphatic rings. The molecular weight excluding hydrogens is 519 g/mol. The molecule has 14 heteroatoms. The summed E-state index contributed by atoms with van der Waals surface area (Å²) in [6, 6.07) is 2.95. The number of sulfone groups is 1. The highest BCUT2D eigenvalue weighted by Gasteiger charge is 2.31. The summed E-state index contributed by atoms with van der Waals surface area (Å²) in [5.41, 5.74) is 11.4. The summed E-state index contributed by atoms with van der Waals surface area (Å²) in [6.07, 6.45) is 0.475. The minimum atomic E-state index is -3.47. The average molecular weight is 545 g/mol. The van der Waals surface area contributed by atoms with Crippen molar-refractivity contribution in [3.8, 4) is 0 Å². The van der Waals surface area contributed by atoms with Gasteiger partial charge in [0.25, 0.3) is 5.91 Å². The van der Waals surface area contributed by atoms with Crippen LogP contribution in [0.2, 0.25) is 0 Å². The van der Waals surface area contributed by atoms with Crippen LogP contribution in [-0.2, 0) is 24.2 Å². The summed E-state index contributed by atoms with van der Waals surface area (Å²) in [5.74, 6) is -1.70. The van der Waals surface area contributed by atoms with Crippen LogP contribution in [0.5, 0.6) is 0 Å². The van der Waals surface area contributed by atoms with Crippen LogP contribution in [0, 0.1) is 0 Å². The molecule has 0 unspecified atom stereocenters. The van der Waals surface area contributed by atoms with E-state index in [2.05, 4.69) is 5.32 Å². The number of rotatable bonds is 11. The molecule has 0 aromatic heterocycles. The fourth-order valence-electron chi connectivity index (χ4n) is 2.40. The molecule has 0 saturated carbocycles. The van der Waals surface area contributed by atoms with E-state index < -0.39 is 51.4 Å². The Balaban J connectivity index is 0. The Kier molecular flexibility index (Phi) is 15.7. The summed E-state index contributed by atoms with van der Waals surface area (Å²) in [6.45, 7) is -0.788. The molecule has 0 radical (unpaired) electrons. The van der Waals surface area contributed by atoms with Crippen LogP contribution >= 0.6 is 48.0 Å². The highest BCUT2D eigenvalue weighted by molar-refractivity contribution is 7.90. The minimum absolute atomic E-state index is 0. The lowest BCUT2D eigenvalue weighted by Crippen LogP contribution is -2.46. The van der Waals surface area contributed by atoms with E-state index in [0.29, 0.717) is 13.0 Å². The lowest BCUT2D eigenvalue weighted by Gasteiger charge is -2.27. The molecule has 1 aromatic rings. The third-order valence-corrected chi connectivity index (χ3v) is 5.48. The van der Waals surface area contributed by atoms with Gasteiger partial charge in [-0.25, -0.2) is 12.8 Å². The molecule has 0 spiro atoms. The first-order chi connectivity index (χ1) is 13.5. The van der Waals surface area contributed by atoms with Gasteiger partial charge in [-0.05, 0) is 37.1 Å². The number of nitrogens with two attached hydrogens (primary N) is 2. The first-order valence-corrected chi connectivity index (χ1v) is 11.4. The number of nitrogens with one attached hydrogen (secondary N) is 1. The number of esters is 1. The maximum atomic E-state index is 13.7. The van der Waals surface area contributed by atoms with Gasteiger partial charge in [-0.3, -0.25) is 9.59 Å². The molecule has 5 N–H and O–H groups in total. The molecule has 0 aliphatic carbocycles. The molecule has 3 atom stereocenters. The van der Waals surface area contributed by atoms with Crippen molar-refractivity contribution < 1.29 is 27.1 Å². The van der Waals surface area contributed by atoms with Crippen molar-refractivity contribution in [2.45, 2.75) is 40.8 Å². The molecule has 1 aromatic carbocycles. The summed E-state index contributed by atoms with van der Waals surface area (Å²) in [5, 5.41) is 2.26. The first kappa shape index (κ1) is 32.3. The van der Waals surface area contributed by atoms with Crippen LogP contribution in [0.15, 0.2) is 29.2 Å². The molecule has 0 heterocycles. The zero-order valence-corrected chi connectivity index (χ0v) is 20.5. The molecule has 180 valence electrons. The van der Waals surface area contributed by atoms with E-state index >= 15 is 0 Å². The van der Waals surface area contributed by atoms with Gasteiger partial charge in [0.15, 0.2) is 14.7 Å². The SMILES string of the molecule is CS(=O)(=O)c1ccc([C@@H](OC(=O)[C@H](N)CCCN)[C@@H](CF)NC(=O)C(Cl)Cl)cc1.Cl.Cl. The van der Waals surface area contributed by atoms with E-state index in [1.807, 2.05) is 0 Å². The third kappa shape index (κ3) is 10.5. The van der Waals surface area contributed by atoms with Gasteiger partial charge in [0.1, 0.15) is 18.8 Å². The van der Waals surface area contributed by atoms with E-state index in [-0.39, 0.29) is 41.7 Å². The molecule has 0 fully saturated rings. The topological polar surface area (TPSA) is 142 Å². The number of ether oxygens (including phenoxy) is 1. The number of hydrogen-bond acceptors (Lipinski definition) is 7. The summed E-state index contributed by atoms with van der Waals surface area (Å²) < 4.78 is 42.3. The van der Waals surface area contributed by atoms with Crippen molar-refractivity contribution in [2.24, 2.45) is 11.5 Å². The smallest absolute Gasteiger partial charge is 0.323 e. The van der Waals surface area contributed by atoms with Gasteiger partial charge in [-0.15, -0.1) is 24.8 Å². The number of carbonyl (C=O) groups is 2. The molecular formula is C17H26Cl4FN3O5S. The monoisotopic (exact) mass is 543 g/mol. The minimum Gasteiger partial charge on any atom is -0.454 e. The van der Waals surface area contributed by atoms with Crippen molar-refractivity contribution in [3.05, 3.63) is 29.8 Å². The number of carbonyl (C=O) groups excluding carboxylic acids is 2. The second-order valence-corrected chi connectivity index (χ2v) is 9.42. The average Bonchev–Trinajstić information content (AvgIpc) is 2.67. The zero-order chi connectivity index (χ0) is 22.2. The molecule has 0 saturated heterocycles. The maximum Gasteiger partial charge on any atom is 0.323 e. The Labute approximate surface area is 203 Å². The van der Waals surface area contributed by atoms with Crippen molar-refractivity contribution in [1.29, 1.82) is 0 Å². The van der Waals surface area contributed by atoms with E-state index in [4.69, 9.17) is 39.4 Å². The van der Waals surface area contributed by atoms with Gasteiger partial charge in [0.2, 0.25) is 0 Å². The number of amides is 1. The van der Waals surface area contributed by atoms with Crippen LogP contribution in [0.25, 0.3) is 0 Å². The molecule has 31 heavy (non-hydrogen) atoms. The third-order valence-electron chi connectivity index (χ3n) is 3.96. The maximum absolute atomic E-state index is 13.7. The molecule has 1 amide bonds. The van der Waals surface area contributed by atoms with Gasteiger partial charge in [0, 0.05) is 6.26 Å². The zero-order valence-electron chi connectivity index (χ0n) is 16.5. The Morgan fingerprint density at radius 1 is 1.19 bits per heavy atom. The van der Waals surface area contributed by atoms with E-state index in [1.54, 1.807) is 0 Å². The van der Waals surface area contributed by atoms with Crippen LogP contribution < -0.4 is 16.8 Å². The predicted octanol–water partition coefficient (Wildman–Crippen LogP) is 1.84. The Morgan fingerprint density at radius 2 is 1.74 bits per heavy atom. The lowest BCUT2D eigenvalue weighted by molar-refractivity contribution is -0.154. The standard InChI is InChI=1S/C17H24Cl2FN3O5S.2ClH/c1-29(26,27)11-6-4-10(5-7-11)14(13(9-20)23-16(24)15(18)19)28-17(25)12(22)3-2-8-21;;/h4-7,12-15H,2-3,8-9,21-22H2,1H3,(H,23,24);2*1H/t12-,13-,14-;;/m1../s1. The Hall–Kier alpha value is -0.880. The van der Waals surface area contributed by atoms with Crippen molar-refractivity contribution in [3.63, 3.8) is 0 Å². The number of alkyl halides is 3. The number of hydrogen-bond donors (Lipinski definition) is 3. The van der Waals surface area contributed by atoms with Gasteiger partial charge in [0.05, 0.1) is 10.9 Å². The summed E-state index contributed by atoms with van der Waals surface area (Å²) >= 11 is 11.0. The van der Waals surface area contributed by atoms with Crippen LogP contribution in [-0.4, -0.2) is 56.7 Å². The molecule has 1 rings (SSSR count). The molecule has 0 bridgehead atoms. The first-order valence-electron chi connectivity index (χ1n) is 8.61. The fourth-order valence-corrected chi connectivity index (χ4v) is 3.15. The van der Waals surface area contributed by atoms with Gasteiger partial charge >= 0.3 is 5.97 Å². The summed E-state index contributed by atoms with van der Waals surface area (Å²) in [4.78, 5) is 22.7. The van der Waals surface area contributed by atoms with E-state index in [1.165, 1.54) is 24.3 Å². The Bertz CT molecular complexity index is 799.